The number of rotatable bonds is 6. The largest absolute Gasteiger partial charge is 0.492 e. The molecule has 3 aromatic rings. The van der Waals surface area contributed by atoms with Crippen molar-refractivity contribution in [3.63, 3.8) is 0 Å². The Labute approximate surface area is 164 Å². The Morgan fingerprint density at radius 1 is 1.21 bits per heavy atom. The number of hydrogen-bond acceptors (Lipinski definition) is 5. The lowest BCUT2D eigenvalue weighted by Gasteiger charge is -2.31. The zero-order valence-electron chi connectivity index (χ0n) is 16.1. The average molecular weight is 379 g/mol. The van der Waals surface area contributed by atoms with Crippen LogP contribution in [-0.2, 0) is 11.3 Å². The summed E-state index contributed by atoms with van der Waals surface area (Å²) in [5.74, 6) is 1.24. The van der Waals surface area contributed by atoms with E-state index in [0.717, 1.165) is 42.0 Å². The second-order valence-electron chi connectivity index (χ2n) is 7.03. The fraction of sp³-hybridized carbons (Fsp3) is 0.429. The number of likely N-dealkylation sites (tertiary alicyclic amines) is 1. The van der Waals surface area contributed by atoms with Gasteiger partial charge in [0.25, 0.3) is 0 Å². The van der Waals surface area contributed by atoms with Crippen LogP contribution in [0.25, 0.3) is 11.2 Å². The van der Waals surface area contributed by atoms with Gasteiger partial charge in [0.2, 0.25) is 5.91 Å². The lowest BCUT2D eigenvalue weighted by molar-refractivity contribution is -0.132. The van der Waals surface area contributed by atoms with Crippen LogP contribution in [0.4, 0.5) is 0 Å². The molecular weight excluding hydrogens is 354 g/mol. The fourth-order valence-corrected chi connectivity index (χ4v) is 3.77. The predicted molar refractivity (Wildman–Crippen MR) is 106 cm³/mol. The molecular formula is C21H25N5O2. The normalized spacial score (nSPS) is 17.0. The molecule has 7 heteroatoms. The number of nitrogens with zero attached hydrogens (tertiary/aromatic N) is 5. The maximum Gasteiger partial charge on any atom is 0.222 e. The van der Waals surface area contributed by atoms with Crippen molar-refractivity contribution in [1.29, 1.82) is 0 Å². The van der Waals surface area contributed by atoms with Crippen LogP contribution in [0.1, 0.15) is 37.8 Å². The number of carbonyl (C=O) groups excluding carboxylic acids is 1. The van der Waals surface area contributed by atoms with Gasteiger partial charge in [-0.05, 0) is 25.0 Å². The summed E-state index contributed by atoms with van der Waals surface area (Å²) in [6, 6.07) is 9.75. The van der Waals surface area contributed by atoms with Crippen LogP contribution in [-0.4, -0.2) is 50.3 Å². The van der Waals surface area contributed by atoms with Crippen LogP contribution >= 0.6 is 0 Å². The third kappa shape index (κ3) is 3.83. The molecule has 0 saturated carbocycles. The quantitative estimate of drug-likeness (QED) is 0.658. The van der Waals surface area contributed by atoms with Crippen LogP contribution in [0.15, 0.2) is 42.7 Å². The van der Waals surface area contributed by atoms with E-state index in [2.05, 4.69) is 9.97 Å². The van der Waals surface area contributed by atoms with Gasteiger partial charge in [0.05, 0.1) is 12.2 Å². The van der Waals surface area contributed by atoms with E-state index in [-0.39, 0.29) is 11.8 Å². The first kappa shape index (κ1) is 18.4. The molecule has 0 N–H and O–H groups in total. The molecule has 0 bridgehead atoms. The van der Waals surface area contributed by atoms with Crippen molar-refractivity contribution >= 4 is 17.1 Å². The minimum absolute atomic E-state index is 0.194. The molecule has 7 nitrogen and oxygen atoms in total. The van der Waals surface area contributed by atoms with E-state index in [1.54, 1.807) is 12.4 Å². The van der Waals surface area contributed by atoms with Crippen molar-refractivity contribution < 1.29 is 9.53 Å². The Bertz CT molecular complexity index is 940. The number of carbonyl (C=O) groups is 1. The number of benzene rings is 1. The predicted octanol–water partition coefficient (Wildman–Crippen LogP) is 3.02. The van der Waals surface area contributed by atoms with Crippen molar-refractivity contribution in [2.45, 2.75) is 38.6 Å². The van der Waals surface area contributed by atoms with Gasteiger partial charge in [-0.25, -0.2) is 14.6 Å². The smallest absolute Gasteiger partial charge is 0.222 e. The molecule has 0 radical (unpaired) electrons. The monoisotopic (exact) mass is 379 g/mol. The van der Waals surface area contributed by atoms with E-state index in [1.165, 1.54) is 0 Å². The van der Waals surface area contributed by atoms with Crippen LogP contribution in [0.2, 0.25) is 0 Å². The number of aromatic nitrogens is 4. The summed E-state index contributed by atoms with van der Waals surface area (Å²) < 4.78 is 7.69. The lowest BCUT2D eigenvalue weighted by Crippen LogP contribution is -2.38. The Balaban J connectivity index is 1.53. The third-order valence-corrected chi connectivity index (χ3v) is 5.17. The molecule has 0 spiro atoms. The maximum absolute atomic E-state index is 12.1. The Hall–Kier alpha value is -2.96. The number of amides is 1. The third-order valence-electron chi connectivity index (χ3n) is 5.17. The van der Waals surface area contributed by atoms with Gasteiger partial charge in [-0.1, -0.05) is 25.1 Å². The highest BCUT2D eigenvalue weighted by atomic mass is 16.5. The molecule has 1 fully saturated rings. The molecule has 1 aliphatic heterocycles. The molecule has 0 aliphatic carbocycles. The topological polar surface area (TPSA) is 73.1 Å². The fourth-order valence-electron chi connectivity index (χ4n) is 3.77. The molecule has 4 rings (SSSR count). The number of ether oxygens (including phenoxy) is 1. The maximum atomic E-state index is 12.1. The van der Waals surface area contributed by atoms with Crippen molar-refractivity contribution in [3.05, 3.63) is 48.4 Å². The summed E-state index contributed by atoms with van der Waals surface area (Å²) in [6.07, 6.45) is 5.93. The number of para-hydroxylation sites is 1. The average Bonchev–Trinajstić information content (AvgIpc) is 3.13. The lowest BCUT2D eigenvalue weighted by atomic mass is 9.94. The number of hydrogen-bond donors (Lipinski definition) is 0. The van der Waals surface area contributed by atoms with E-state index in [9.17, 15) is 4.79 Å². The standard InChI is InChI=1S/C21H25N5O2/c1-2-18(27)25-12-6-7-16(15-25)19-20-21(23-11-10-22-20)26(24-19)13-14-28-17-8-4-3-5-9-17/h3-5,8-11,16H,2,6-7,12-15H2,1H3/t16-/m0/s1. The number of fused-ring (bicyclic) bond motifs is 1. The van der Waals surface area contributed by atoms with Gasteiger partial charge in [-0.2, -0.15) is 5.10 Å². The molecule has 28 heavy (non-hydrogen) atoms. The molecule has 1 amide bonds. The Kier molecular flexibility index (Phi) is 5.50. The van der Waals surface area contributed by atoms with Crippen molar-refractivity contribution in [3.8, 4) is 5.75 Å². The highest BCUT2D eigenvalue weighted by molar-refractivity contribution is 5.77. The van der Waals surface area contributed by atoms with Crippen molar-refractivity contribution in [2.75, 3.05) is 19.7 Å². The summed E-state index contributed by atoms with van der Waals surface area (Å²) in [4.78, 5) is 23.1. The molecule has 1 saturated heterocycles. The van der Waals surface area contributed by atoms with E-state index in [4.69, 9.17) is 9.84 Å². The van der Waals surface area contributed by atoms with Crippen molar-refractivity contribution in [2.24, 2.45) is 0 Å². The van der Waals surface area contributed by atoms with Crippen LogP contribution in [0.3, 0.4) is 0 Å². The summed E-state index contributed by atoms with van der Waals surface area (Å²) in [7, 11) is 0. The molecule has 146 valence electrons. The van der Waals surface area contributed by atoms with E-state index in [0.29, 0.717) is 26.1 Å². The second kappa shape index (κ2) is 8.37. The number of piperidine rings is 1. The Morgan fingerprint density at radius 2 is 2.04 bits per heavy atom. The van der Waals surface area contributed by atoms with Gasteiger partial charge in [0, 0.05) is 37.8 Å². The van der Waals surface area contributed by atoms with Crippen molar-refractivity contribution in [1.82, 2.24) is 24.6 Å². The highest BCUT2D eigenvalue weighted by Crippen LogP contribution is 2.30. The molecule has 2 aromatic heterocycles. The summed E-state index contributed by atoms with van der Waals surface area (Å²) in [5.41, 5.74) is 2.54. The first-order valence-corrected chi connectivity index (χ1v) is 9.89. The van der Waals surface area contributed by atoms with Crippen LogP contribution in [0.5, 0.6) is 5.75 Å². The minimum Gasteiger partial charge on any atom is -0.492 e. The zero-order valence-corrected chi connectivity index (χ0v) is 16.1. The zero-order chi connectivity index (χ0) is 19.3. The molecule has 1 aromatic carbocycles. The van der Waals surface area contributed by atoms with Crippen LogP contribution in [0, 0.1) is 0 Å². The highest BCUT2D eigenvalue weighted by Gasteiger charge is 2.28. The molecule has 1 atom stereocenters. The van der Waals surface area contributed by atoms with E-state index < -0.39 is 0 Å². The summed E-state index contributed by atoms with van der Waals surface area (Å²) >= 11 is 0. The molecule has 0 unspecified atom stereocenters. The van der Waals surface area contributed by atoms with Gasteiger partial charge >= 0.3 is 0 Å². The summed E-state index contributed by atoms with van der Waals surface area (Å²) in [5, 5.41) is 4.84. The minimum atomic E-state index is 0.194. The van der Waals surface area contributed by atoms with Gasteiger partial charge in [-0.15, -0.1) is 0 Å². The Morgan fingerprint density at radius 3 is 2.86 bits per heavy atom. The van der Waals surface area contributed by atoms with Crippen LogP contribution < -0.4 is 4.74 Å². The van der Waals surface area contributed by atoms with Gasteiger partial charge in [0.1, 0.15) is 17.9 Å². The van der Waals surface area contributed by atoms with E-state index in [1.807, 2.05) is 46.8 Å². The second-order valence-corrected chi connectivity index (χ2v) is 7.03. The SMILES string of the molecule is CCC(=O)N1CCC[C@H](c2nn(CCOc3ccccc3)c3nccnc23)C1. The van der Waals surface area contributed by atoms with E-state index >= 15 is 0 Å². The van der Waals surface area contributed by atoms with Gasteiger partial charge in [0.15, 0.2) is 5.65 Å². The first-order chi connectivity index (χ1) is 13.8. The van der Waals surface area contributed by atoms with Gasteiger partial charge in [-0.3, -0.25) is 4.79 Å². The van der Waals surface area contributed by atoms with Gasteiger partial charge < -0.3 is 9.64 Å². The molecule has 3 heterocycles. The first-order valence-electron chi connectivity index (χ1n) is 9.89. The molecule has 1 aliphatic rings. The summed E-state index contributed by atoms with van der Waals surface area (Å²) in [6.45, 7) is 4.54.